The molecule has 1 heterocycles. The summed E-state index contributed by atoms with van der Waals surface area (Å²) >= 11 is 0. The van der Waals surface area contributed by atoms with E-state index in [4.69, 9.17) is 5.73 Å². The first-order chi connectivity index (χ1) is 8.13. The molecule has 0 spiro atoms. The van der Waals surface area contributed by atoms with Gasteiger partial charge in [-0.25, -0.2) is 0 Å². The summed E-state index contributed by atoms with van der Waals surface area (Å²) in [6.07, 6.45) is 4.00. The van der Waals surface area contributed by atoms with Crippen molar-refractivity contribution in [2.75, 3.05) is 6.54 Å². The number of fused-ring (bicyclic) bond motifs is 1. The molecular weight excluding hydrogens is 216 g/mol. The molecule has 0 aromatic carbocycles. The van der Waals surface area contributed by atoms with Gasteiger partial charge in [-0.1, -0.05) is 6.92 Å². The molecule has 1 saturated heterocycles. The summed E-state index contributed by atoms with van der Waals surface area (Å²) in [6, 6.07) is -0.0177. The molecule has 3 fully saturated rings. The maximum Gasteiger partial charge on any atom is 0.233 e. The van der Waals surface area contributed by atoms with Gasteiger partial charge in [-0.3, -0.25) is 14.5 Å². The summed E-state index contributed by atoms with van der Waals surface area (Å²) in [5, 5.41) is 0. The second-order valence-electron chi connectivity index (χ2n) is 5.98. The van der Waals surface area contributed by atoms with Crippen molar-refractivity contribution in [3.8, 4) is 0 Å². The average Bonchev–Trinajstić information content (AvgIpc) is 3.02. The van der Waals surface area contributed by atoms with Crippen LogP contribution in [0.1, 0.15) is 32.6 Å². The lowest BCUT2D eigenvalue weighted by Gasteiger charge is -2.26. The van der Waals surface area contributed by atoms with E-state index in [-0.39, 0.29) is 29.7 Å². The first-order valence-corrected chi connectivity index (χ1v) is 6.70. The van der Waals surface area contributed by atoms with E-state index in [1.165, 1.54) is 4.90 Å². The molecule has 17 heavy (non-hydrogen) atoms. The van der Waals surface area contributed by atoms with E-state index in [1.807, 2.05) is 0 Å². The molecule has 2 aliphatic carbocycles. The van der Waals surface area contributed by atoms with Gasteiger partial charge in [0, 0.05) is 6.54 Å². The van der Waals surface area contributed by atoms with Crippen molar-refractivity contribution in [1.82, 2.24) is 4.90 Å². The Morgan fingerprint density at radius 3 is 2.18 bits per heavy atom. The smallest absolute Gasteiger partial charge is 0.233 e. The lowest BCUT2D eigenvalue weighted by atomic mass is 10.00. The van der Waals surface area contributed by atoms with Crippen molar-refractivity contribution in [2.24, 2.45) is 29.4 Å². The van der Waals surface area contributed by atoms with E-state index < -0.39 is 0 Å². The van der Waals surface area contributed by atoms with Crippen LogP contribution in [-0.2, 0) is 9.59 Å². The van der Waals surface area contributed by atoms with Gasteiger partial charge in [0.05, 0.1) is 17.9 Å². The Labute approximate surface area is 102 Å². The van der Waals surface area contributed by atoms with Gasteiger partial charge in [-0.05, 0) is 37.5 Å². The van der Waals surface area contributed by atoms with E-state index in [2.05, 4.69) is 6.92 Å². The van der Waals surface area contributed by atoms with Crippen LogP contribution in [0.4, 0.5) is 0 Å². The third kappa shape index (κ3) is 1.61. The number of carbonyl (C=O) groups is 2. The molecule has 4 heteroatoms. The van der Waals surface area contributed by atoms with Gasteiger partial charge < -0.3 is 5.73 Å². The van der Waals surface area contributed by atoms with Gasteiger partial charge in [0.25, 0.3) is 0 Å². The number of carbonyl (C=O) groups excluding carboxylic acids is 2. The number of rotatable bonds is 3. The SMILES string of the molecule is CC1CC2C(=O)N(C(CN)C3CC3)C(=O)C2C1. The molecule has 3 aliphatic rings. The predicted octanol–water partition coefficient (Wildman–Crippen LogP) is 0.755. The molecule has 3 rings (SSSR count). The van der Waals surface area contributed by atoms with Gasteiger partial charge in [-0.15, -0.1) is 0 Å². The van der Waals surface area contributed by atoms with Gasteiger partial charge in [-0.2, -0.15) is 0 Å². The van der Waals surface area contributed by atoms with Gasteiger partial charge in [0.2, 0.25) is 11.8 Å². The van der Waals surface area contributed by atoms with Crippen LogP contribution in [0.3, 0.4) is 0 Å². The third-order valence-electron chi connectivity index (χ3n) is 4.65. The molecule has 2 N–H and O–H groups in total. The van der Waals surface area contributed by atoms with Gasteiger partial charge in [0.15, 0.2) is 0 Å². The molecule has 1 aliphatic heterocycles. The topological polar surface area (TPSA) is 63.4 Å². The number of hydrogen-bond donors (Lipinski definition) is 1. The number of likely N-dealkylation sites (tertiary alicyclic amines) is 1. The monoisotopic (exact) mass is 236 g/mol. The fraction of sp³-hybridized carbons (Fsp3) is 0.846. The highest BCUT2D eigenvalue weighted by Crippen LogP contribution is 2.46. The zero-order chi connectivity index (χ0) is 12.2. The van der Waals surface area contributed by atoms with E-state index in [0.29, 0.717) is 18.4 Å². The number of nitrogens with zero attached hydrogens (tertiary/aromatic N) is 1. The molecule has 94 valence electrons. The summed E-state index contributed by atoms with van der Waals surface area (Å²) in [6.45, 7) is 2.56. The quantitative estimate of drug-likeness (QED) is 0.736. The Kier molecular flexibility index (Phi) is 2.51. The summed E-state index contributed by atoms with van der Waals surface area (Å²) in [5.41, 5.74) is 5.75. The molecule has 2 saturated carbocycles. The van der Waals surface area contributed by atoms with Crippen molar-refractivity contribution >= 4 is 11.8 Å². The predicted molar refractivity (Wildman–Crippen MR) is 62.8 cm³/mol. The van der Waals surface area contributed by atoms with Crippen LogP contribution in [0, 0.1) is 23.7 Å². The lowest BCUT2D eigenvalue weighted by Crippen LogP contribution is -2.46. The third-order valence-corrected chi connectivity index (χ3v) is 4.65. The highest BCUT2D eigenvalue weighted by molar-refractivity contribution is 6.05. The Bertz CT molecular complexity index is 340. The van der Waals surface area contributed by atoms with Crippen molar-refractivity contribution in [2.45, 2.75) is 38.6 Å². The molecule has 0 bridgehead atoms. The van der Waals surface area contributed by atoms with E-state index in [9.17, 15) is 9.59 Å². The summed E-state index contributed by atoms with van der Waals surface area (Å²) in [5.74, 6) is 1.04. The largest absolute Gasteiger partial charge is 0.328 e. The number of hydrogen-bond acceptors (Lipinski definition) is 3. The van der Waals surface area contributed by atoms with Crippen LogP contribution in [-0.4, -0.2) is 29.3 Å². The van der Waals surface area contributed by atoms with E-state index in [1.54, 1.807) is 0 Å². The zero-order valence-corrected chi connectivity index (χ0v) is 10.3. The average molecular weight is 236 g/mol. The minimum Gasteiger partial charge on any atom is -0.328 e. The normalized spacial score (nSPS) is 38.7. The van der Waals surface area contributed by atoms with E-state index in [0.717, 1.165) is 25.7 Å². The van der Waals surface area contributed by atoms with E-state index >= 15 is 0 Å². The Balaban J connectivity index is 1.83. The van der Waals surface area contributed by atoms with Gasteiger partial charge >= 0.3 is 0 Å². The molecule has 4 nitrogen and oxygen atoms in total. The van der Waals surface area contributed by atoms with Crippen molar-refractivity contribution in [3.05, 3.63) is 0 Å². The molecule has 2 amide bonds. The second-order valence-corrected chi connectivity index (χ2v) is 5.98. The highest BCUT2D eigenvalue weighted by atomic mass is 16.2. The van der Waals surface area contributed by atoms with Crippen LogP contribution < -0.4 is 5.73 Å². The Morgan fingerprint density at radius 1 is 1.24 bits per heavy atom. The van der Waals surface area contributed by atoms with Crippen molar-refractivity contribution < 1.29 is 9.59 Å². The van der Waals surface area contributed by atoms with Crippen LogP contribution in [0.15, 0.2) is 0 Å². The van der Waals surface area contributed by atoms with Crippen molar-refractivity contribution in [3.63, 3.8) is 0 Å². The second kappa shape index (κ2) is 3.80. The van der Waals surface area contributed by atoms with Crippen molar-refractivity contribution in [1.29, 1.82) is 0 Å². The first kappa shape index (κ1) is 11.2. The fourth-order valence-electron chi connectivity index (χ4n) is 3.62. The van der Waals surface area contributed by atoms with Gasteiger partial charge in [0.1, 0.15) is 0 Å². The zero-order valence-electron chi connectivity index (χ0n) is 10.3. The highest BCUT2D eigenvalue weighted by Gasteiger charge is 2.55. The number of amides is 2. The molecular formula is C13H20N2O2. The van der Waals surface area contributed by atoms with Crippen LogP contribution in [0.25, 0.3) is 0 Å². The molecule has 0 aromatic rings. The fourth-order valence-corrected chi connectivity index (χ4v) is 3.62. The lowest BCUT2D eigenvalue weighted by molar-refractivity contribution is -0.143. The Morgan fingerprint density at radius 2 is 1.76 bits per heavy atom. The van der Waals surface area contributed by atoms with Crippen LogP contribution in [0.2, 0.25) is 0 Å². The number of imide groups is 1. The standard InChI is InChI=1S/C13H20N2O2/c1-7-4-9-10(5-7)13(17)15(12(9)16)11(6-14)8-2-3-8/h7-11H,2-6,14H2,1H3. The van der Waals surface area contributed by atoms with Crippen LogP contribution >= 0.6 is 0 Å². The minimum absolute atomic E-state index is 0.0177. The Hall–Kier alpha value is -0.900. The molecule has 0 aromatic heterocycles. The summed E-state index contributed by atoms with van der Waals surface area (Å²) < 4.78 is 0. The molecule has 0 radical (unpaired) electrons. The first-order valence-electron chi connectivity index (χ1n) is 6.70. The molecule has 3 atom stereocenters. The minimum atomic E-state index is -0.0368. The summed E-state index contributed by atoms with van der Waals surface area (Å²) in [4.78, 5) is 26.2. The molecule has 3 unspecified atom stereocenters. The maximum absolute atomic E-state index is 12.3. The number of nitrogens with two attached hydrogens (primary N) is 1. The summed E-state index contributed by atoms with van der Waals surface area (Å²) in [7, 11) is 0. The van der Waals surface area contributed by atoms with Crippen LogP contribution in [0.5, 0.6) is 0 Å². The maximum atomic E-state index is 12.3.